The van der Waals surface area contributed by atoms with Crippen LogP contribution in [0.15, 0.2) is 28.5 Å². The van der Waals surface area contributed by atoms with Crippen molar-refractivity contribution in [1.29, 1.82) is 0 Å². The molecule has 1 aromatic carbocycles. The minimum atomic E-state index is -4.28. The summed E-state index contributed by atoms with van der Waals surface area (Å²) in [5, 5.41) is 12.5. The molecule has 1 aromatic heterocycles. The summed E-state index contributed by atoms with van der Waals surface area (Å²) in [4.78, 5) is 12.9. The van der Waals surface area contributed by atoms with Crippen molar-refractivity contribution in [2.75, 3.05) is 4.72 Å². The highest BCUT2D eigenvalue weighted by atomic mass is 32.2. The maximum absolute atomic E-state index is 13.4. The second-order valence-electron chi connectivity index (χ2n) is 3.74. The van der Waals surface area contributed by atoms with Crippen LogP contribution < -0.4 is 4.72 Å². The number of anilines is 1. The Balaban J connectivity index is 2.50. The highest BCUT2D eigenvalue weighted by Gasteiger charge is 2.29. The number of hydrogen-bond donors (Lipinski definition) is 1. The molecule has 1 N–H and O–H groups in total. The normalized spacial score (nSPS) is 11.3. The summed E-state index contributed by atoms with van der Waals surface area (Å²) in [6.45, 7) is 1.67. The van der Waals surface area contributed by atoms with Crippen LogP contribution in [0.1, 0.15) is 5.69 Å². The Bertz CT molecular complexity index is 773. The average Bonchev–Trinajstić information content (AvgIpc) is 2.73. The van der Waals surface area contributed by atoms with Crippen molar-refractivity contribution in [3.05, 3.63) is 45.2 Å². The molecule has 0 aliphatic rings. The topological polar surface area (TPSA) is 102 Å². The van der Waals surface area contributed by atoms with E-state index in [0.29, 0.717) is 5.69 Å². The summed E-state index contributed by atoms with van der Waals surface area (Å²) < 4.78 is 39.7. The zero-order chi connectivity index (χ0) is 14.9. The van der Waals surface area contributed by atoms with Gasteiger partial charge in [-0.2, -0.15) is 4.39 Å². The van der Waals surface area contributed by atoms with E-state index in [1.54, 1.807) is 12.3 Å². The number of nitro benzene ring substituents is 1. The fraction of sp³-hybridized carbons (Fsp3) is 0.100. The molecule has 0 saturated carbocycles. The minimum absolute atomic E-state index is 0.0565. The van der Waals surface area contributed by atoms with Gasteiger partial charge >= 0.3 is 5.69 Å². The van der Waals surface area contributed by atoms with E-state index in [-0.39, 0.29) is 5.13 Å². The Labute approximate surface area is 117 Å². The Morgan fingerprint density at radius 2 is 2.15 bits per heavy atom. The minimum Gasteiger partial charge on any atom is -0.258 e. The molecule has 10 heteroatoms. The lowest BCUT2D eigenvalue weighted by molar-refractivity contribution is -0.390. The van der Waals surface area contributed by atoms with Gasteiger partial charge in [0.1, 0.15) is 0 Å². The largest absolute Gasteiger partial charge is 0.325 e. The van der Waals surface area contributed by atoms with E-state index in [1.807, 2.05) is 0 Å². The van der Waals surface area contributed by atoms with Crippen molar-refractivity contribution < 1.29 is 17.7 Å². The highest BCUT2D eigenvalue weighted by Crippen LogP contribution is 2.28. The number of nitrogens with one attached hydrogen (secondary N) is 1. The molecule has 106 valence electrons. The number of nitrogens with zero attached hydrogens (tertiary/aromatic N) is 2. The number of thiazole rings is 1. The second-order valence-corrected chi connectivity index (χ2v) is 6.25. The molecule has 7 nitrogen and oxygen atoms in total. The van der Waals surface area contributed by atoms with Gasteiger partial charge in [-0.05, 0) is 19.1 Å². The highest BCUT2D eigenvalue weighted by molar-refractivity contribution is 7.93. The average molecular weight is 317 g/mol. The van der Waals surface area contributed by atoms with Crippen molar-refractivity contribution >= 4 is 32.2 Å². The van der Waals surface area contributed by atoms with Crippen LogP contribution in [0.4, 0.5) is 15.2 Å². The molecule has 0 amide bonds. The van der Waals surface area contributed by atoms with Crippen molar-refractivity contribution in [3.63, 3.8) is 0 Å². The summed E-state index contributed by atoms with van der Waals surface area (Å²) in [5.41, 5.74) is -0.491. The number of benzene rings is 1. The van der Waals surface area contributed by atoms with E-state index >= 15 is 0 Å². The first-order valence-electron chi connectivity index (χ1n) is 5.19. The third-order valence-electron chi connectivity index (χ3n) is 2.26. The Morgan fingerprint density at radius 1 is 1.45 bits per heavy atom. The fourth-order valence-corrected chi connectivity index (χ4v) is 3.58. The smallest absolute Gasteiger partial charge is 0.258 e. The van der Waals surface area contributed by atoms with E-state index in [2.05, 4.69) is 9.71 Å². The first-order valence-corrected chi connectivity index (χ1v) is 7.55. The molecule has 20 heavy (non-hydrogen) atoms. The van der Waals surface area contributed by atoms with Gasteiger partial charge in [0.05, 0.1) is 10.6 Å². The van der Waals surface area contributed by atoms with Gasteiger partial charge in [0.15, 0.2) is 10.0 Å². The van der Waals surface area contributed by atoms with Gasteiger partial charge in [0.2, 0.25) is 5.82 Å². The second kappa shape index (κ2) is 5.13. The number of aromatic nitrogens is 1. The molecule has 0 fully saturated rings. The van der Waals surface area contributed by atoms with Crippen LogP contribution in [0.3, 0.4) is 0 Å². The van der Waals surface area contributed by atoms with Gasteiger partial charge in [0.25, 0.3) is 10.0 Å². The lowest BCUT2D eigenvalue weighted by Crippen LogP contribution is -2.15. The van der Waals surface area contributed by atoms with Crippen LogP contribution in [0, 0.1) is 22.9 Å². The third kappa shape index (κ3) is 2.75. The van der Waals surface area contributed by atoms with Gasteiger partial charge in [-0.15, -0.1) is 11.3 Å². The van der Waals surface area contributed by atoms with E-state index in [1.165, 1.54) is 0 Å². The Hall–Kier alpha value is -2.07. The molecular formula is C10H8FN3O4S2. The molecule has 0 atom stereocenters. The molecule has 0 spiro atoms. The Morgan fingerprint density at radius 3 is 2.70 bits per heavy atom. The maximum Gasteiger partial charge on any atom is 0.325 e. The Kier molecular flexibility index (Phi) is 3.68. The molecule has 0 radical (unpaired) electrons. The van der Waals surface area contributed by atoms with E-state index in [4.69, 9.17) is 0 Å². The standard InChI is InChI=1S/C10H8FN3O4S2/c1-6-5-19-10(12-6)13-20(17,18)8-4-2-3-7(11)9(8)14(15)16/h2-5H,1H3,(H,12,13). The molecule has 1 heterocycles. The molecule has 0 saturated heterocycles. The maximum atomic E-state index is 13.4. The van der Waals surface area contributed by atoms with E-state index in [0.717, 1.165) is 29.5 Å². The monoisotopic (exact) mass is 317 g/mol. The van der Waals surface area contributed by atoms with Crippen LogP contribution in [0.25, 0.3) is 0 Å². The zero-order valence-electron chi connectivity index (χ0n) is 10.0. The lowest BCUT2D eigenvalue weighted by atomic mass is 10.3. The first kappa shape index (κ1) is 14.3. The number of halogens is 1. The van der Waals surface area contributed by atoms with Gasteiger partial charge in [-0.25, -0.2) is 13.4 Å². The fourth-order valence-electron chi connectivity index (χ4n) is 1.46. The number of aryl methyl sites for hydroxylation is 1. The van der Waals surface area contributed by atoms with Gasteiger partial charge < -0.3 is 0 Å². The summed E-state index contributed by atoms with van der Waals surface area (Å²) in [7, 11) is -4.28. The van der Waals surface area contributed by atoms with Gasteiger partial charge in [-0.3, -0.25) is 14.8 Å². The lowest BCUT2D eigenvalue weighted by Gasteiger charge is -2.06. The van der Waals surface area contributed by atoms with E-state index in [9.17, 15) is 22.9 Å². The molecule has 0 unspecified atom stereocenters. The predicted molar refractivity (Wildman–Crippen MR) is 70.7 cm³/mol. The summed E-state index contributed by atoms with van der Waals surface area (Å²) >= 11 is 1.02. The van der Waals surface area contributed by atoms with Gasteiger partial charge in [0, 0.05) is 5.38 Å². The number of para-hydroxylation sites is 1. The van der Waals surface area contributed by atoms with E-state index < -0.39 is 31.3 Å². The summed E-state index contributed by atoms with van der Waals surface area (Å²) in [6.07, 6.45) is 0. The number of rotatable bonds is 4. The number of hydrogen-bond acceptors (Lipinski definition) is 6. The quantitative estimate of drug-likeness (QED) is 0.688. The first-order chi connectivity index (χ1) is 9.31. The predicted octanol–water partition coefficient (Wildman–Crippen LogP) is 2.30. The number of nitro groups is 1. The van der Waals surface area contributed by atoms with Crippen LogP contribution in [-0.2, 0) is 10.0 Å². The zero-order valence-corrected chi connectivity index (χ0v) is 11.7. The van der Waals surface area contributed by atoms with Crippen molar-refractivity contribution in [1.82, 2.24) is 4.98 Å². The molecule has 0 aliphatic carbocycles. The van der Waals surface area contributed by atoms with Crippen LogP contribution in [0.5, 0.6) is 0 Å². The SMILES string of the molecule is Cc1csc(NS(=O)(=O)c2cccc(F)c2[N+](=O)[O-])n1. The van der Waals surface area contributed by atoms with Crippen LogP contribution in [-0.4, -0.2) is 18.3 Å². The summed E-state index contributed by atoms with van der Waals surface area (Å²) in [5.74, 6) is -1.21. The third-order valence-corrected chi connectivity index (χ3v) is 4.64. The summed E-state index contributed by atoms with van der Waals surface area (Å²) in [6, 6.07) is 2.87. The van der Waals surface area contributed by atoms with Crippen molar-refractivity contribution in [3.8, 4) is 0 Å². The molecule has 2 rings (SSSR count). The molecule has 0 bridgehead atoms. The van der Waals surface area contributed by atoms with Crippen LogP contribution >= 0.6 is 11.3 Å². The molecule has 0 aliphatic heterocycles. The van der Waals surface area contributed by atoms with Crippen LogP contribution in [0.2, 0.25) is 0 Å². The van der Waals surface area contributed by atoms with Crippen molar-refractivity contribution in [2.24, 2.45) is 0 Å². The van der Waals surface area contributed by atoms with Crippen molar-refractivity contribution in [2.45, 2.75) is 11.8 Å². The number of sulfonamides is 1. The molecular weight excluding hydrogens is 309 g/mol. The molecule has 2 aromatic rings. The van der Waals surface area contributed by atoms with Gasteiger partial charge in [-0.1, -0.05) is 6.07 Å².